The van der Waals surface area contributed by atoms with Crippen molar-refractivity contribution >= 4 is 41.7 Å². The Hall–Kier alpha value is -4.65. The average molecular weight is 955 g/mol. The van der Waals surface area contributed by atoms with Crippen LogP contribution < -0.4 is 14.4 Å². The highest BCUT2D eigenvalue weighted by Crippen LogP contribution is 2.49. The first-order valence-corrected chi connectivity index (χ1v) is 27.2. The number of pyridine rings is 1. The van der Waals surface area contributed by atoms with Crippen LogP contribution in [0, 0.1) is 29.0 Å². The van der Waals surface area contributed by atoms with E-state index >= 15 is 13.2 Å². The Labute approximate surface area is 400 Å². The summed E-state index contributed by atoms with van der Waals surface area (Å²) in [5.74, 6) is 3.02. The number of hydrogen-bond donors (Lipinski definition) is 0. The number of carbonyl (C=O) groups excluding carboxylic acids is 1. The van der Waals surface area contributed by atoms with Crippen molar-refractivity contribution in [2.75, 3.05) is 45.0 Å². The predicted molar refractivity (Wildman–Crippen MR) is 263 cm³/mol. The van der Waals surface area contributed by atoms with Crippen LogP contribution in [0.5, 0.6) is 11.8 Å². The molecular formula is C53H69F3N6O5Si. The van der Waals surface area contributed by atoms with Gasteiger partial charge in [0.15, 0.2) is 12.6 Å². The first-order valence-electron chi connectivity index (χ1n) is 24.9. The molecule has 1 amide bonds. The summed E-state index contributed by atoms with van der Waals surface area (Å²) in [6.07, 6.45) is 3.49. The molecule has 0 N–H and O–H groups in total. The van der Waals surface area contributed by atoms with E-state index in [0.29, 0.717) is 81.5 Å². The third kappa shape index (κ3) is 8.27. The van der Waals surface area contributed by atoms with Crippen molar-refractivity contribution in [1.29, 1.82) is 0 Å². The molecule has 0 aliphatic carbocycles. The summed E-state index contributed by atoms with van der Waals surface area (Å²) in [5, 5.41) is 1.52. The van der Waals surface area contributed by atoms with Crippen LogP contribution in [-0.2, 0) is 15.9 Å². The third-order valence-corrected chi connectivity index (χ3v) is 22.3. The molecule has 9 rings (SSSR count). The van der Waals surface area contributed by atoms with E-state index in [1.165, 1.54) is 13.2 Å². The van der Waals surface area contributed by atoms with Crippen LogP contribution in [0.2, 0.25) is 16.6 Å². The number of alkyl halides is 1. The first-order chi connectivity index (χ1) is 32.3. The Balaban J connectivity index is 1.27. The molecule has 366 valence electrons. The molecule has 2 bridgehead atoms. The van der Waals surface area contributed by atoms with Gasteiger partial charge in [-0.3, -0.25) is 9.80 Å². The van der Waals surface area contributed by atoms with E-state index in [2.05, 4.69) is 69.7 Å². The number of rotatable bonds is 11. The first kappa shape index (κ1) is 48.4. The maximum Gasteiger partial charge on any atom is 0.410 e. The van der Waals surface area contributed by atoms with E-state index in [0.717, 1.165) is 38.6 Å². The predicted octanol–water partition coefficient (Wildman–Crippen LogP) is 11.2. The smallest absolute Gasteiger partial charge is 0.410 e. The number of piperazine rings is 1. The Kier molecular flexibility index (Phi) is 13.0. The number of methoxy groups -OCH3 is 1. The topological polar surface area (TPSA) is 102 Å². The SMILES string of the molecule is CC[C@H]1Cc2nc(-c3cc(OCOC)cc4ccc(F)c(C#C[Si](C(C)C)(C(C)C)C(C)C)c34)c(F)c3nc(OC[C@@]45CCCN4C[C@H](F)C5)nc(c23)N2C[C@H]3CC[C@@H]([C@H]12)N3C(=O)OC(C)(C)C. The van der Waals surface area contributed by atoms with Crippen molar-refractivity contribution in [3.8, 4) is 34.5 Å². The van der Waals surface area contributed by atoms with Gasteiger partial charge in [-0.05, 0) is 106 Å². The summed E-state index contributed by atoms with van der Waals surface area (Å²) in [6, 6.07) is 6.00. The van der Waals surface area contributed by atoms with Gasteiger partial charge in [-0.1, -0.05) is 66.9 Å². The Morgan fingerprint density at radius 3 is 2.43 bits per heavy atom. The molecule has 0 radical (unpaired) electrons. The van der Waals surface area contributed by atoms with Crippen molar-refractivity contribution in [3.05, 3.63) is 47.2 Å². The van der Waals surface area contributed by atoms with Gasteiger partial charge in [0.05, 0.1) is 40.3 Å². The number of benzene rings is 2. The molecule has 2 aromatic heterocycles. The van der Waals surface area contributed by atoms with Gasteiger partial charge in [0, 0.05) is 37.6 Å². The van der Waals surface area contributed by atoms with E-state index in [4.69, 9.17) is 33.9 Å². The minimum atomic E-state index is -2.36. The summed E-state index contributed by atoms with van der Waals surface area (Å²) in [6.45, 7) is 22.7. The second-order valence-electron chi connectivity index (χ2n) is 22.0. The highest BCUT2D eigenvalue weighted by atomic mass is 28.3. The van der Waals surface area contributed by atoms with Gasteiger partial charge < -0.3 is 23.8 Å². The molecule has 11 nitrogen and oxygen atoms in total. The van der Waals surface area contributed by atoms with Gasteiger partial charge in [0.1, 0.15) is 55.0 Å². The largest absolute Gasteiger partial charge is 0.468 e. The molecule has 15 heteroatoms. The minimum absolute atomic E-state index is 0.00866. The van der Waals surface area contributed by atoms with Crippen molar-refractivity contribution in [2.45, 2.75) is 166 Å². The lowest BCUT2D eigenvalue weighted by Crippen LogP contribution is -2.64. The highest BCUT2D eigenvalue weighted by Gasteiger charge is 2.54. The molecule has 7 heterocycles. The number of amides is 1. The van der Waals surface area contributed by atoms with E-state index in [1.807, 2.05) is 25.7 Å². The second-order valence-corrected chi connectivity index (χ2v) is 27.6. The van der Waals surface area contributed by atoms with Crippen LogP contribution >= 0.6 is 0 Å². The molecule has 0 unspecified atom stereocenters. The minimum Gasteiger partial charge on any atom is -0.468 e. The Morgan fingerprint density at radius 1 is 0.985 bits per heavy atom. The second kappa shape index (κ2) is 18.3. The number of ether oxygens (including phenoxy) is 4. The van der Waals surface area contributed by atoms with Gasteiger partial charge in [-0.2, -0.15) is 9.97 Å². The summed E-state index contributed by atoms with van der Waals surface area (Å²) in [4.78, 5) is 35.7. The van der Waals surface area contributed by atoms with Gasteiger partial charge >= 0.3 is 12.1 Å². The summed E-state index contributed by atoms with van der Waals surface area (Å²) < 4.78 is 74.0. The zero-order valence-electron chi connectivity index (χ0n) is 41.8. The molecule has 5 aliphatic rings. The van der Waals surface area contributed by atoms with Crippen LogP contribution in [-0.4, -0.2) is 114 Å². The molecule has 0 saturated carbocycles. The van der Waals surface area contributed by atoms with Crippen LogP contribution in [0.25, 0.3) is 32.9 Å². The van der Waals surface area contributed by atoms with E-state index in [-0.39, 0.29) is 66.3 Å². The van der Waals surface area contributed by atoms with Crippen molar-refractivity contribution in [2.24, 2.45) is 5.92 Å². The van der Waals surface area contributed by atoms with Gasteiger partial charge in [0.25, 0.3) is 0 Å². The highest BCUT2D eigenvalue weighted by molar-refractivity contribution is 6.90. The monoisotopic (exact) mass is 955 g/mol. The molecule has 68 heavy (non-hydrogen) atoms. The van der Waals surface area contributed by atoms with Crippen molar-refractivity contribution in [3.63, 3.8) is 0 Å². The van der Waals surface area contributed by atoms with E-state index < -0.39 is 37.0 Å². The van der Waals surface area contributed by atoms with Gasteiger partial charge in [-0.25, -0.2) is 22.9 Å². The fourth-order valence-electron chi connectivity index (χ4n) is 13.1. The lowest BCUT2D eigenvalue weighted by molar-refractivity contribution is 0.00426. The molecule has 5 aliphatic heterocycles. The number of halogens is 3. The zero-order chi connectivity index (χ0) is 48.6. The Bertz CT molecular complexity index is 2640. The number of hydrogen-bond acceptors (Lipinski definition) is 10. The Morgan fingerprint density at radius 2 is 1.74 bits per heavy atom. The number of aromatic nitrogens is 3. The van der Waals surface area contributed by atoms with Crippen molar-refractivity contribution < 1.29 is 36.9 Å². The van der Waals surface area contributed by atoms with Gasteiger partial charge in [0.2, 0.25) is 0 Å². The maximum atomic E-state index is 18.4. The standard InChI is InChI=1S/C53H69F3N6O5Si/c1-12-33-23-41-44-47(45(56)46(57-41)39-24-37(66-29-64-11)22-34-14-16-40(55)38(43(34)39)18-21-68(30(2)3,31(4)5)32(6)7)58-50(65-28-53-19-13-20-60(53)26-35(54)25-53)59-49(44)61-27-36-15-17-42(48(33)61)62(36)51(63)67-52(8,9)10/h14,16,22,24,30-33,35-36,42,48H,12-13,15,17,19-20,23,25-29H2,1-11H3/t33-,35+,36+,42-,48-,53-/m0/s1. The van der Waals surface area contributed by atoms with Crippen LogP contribution in [0.15, 0.2) is 24.3 Å². The third-order valence-electron chi connectivity index (χ3n) is 16.0. The fourth-order valence-corrected chi connectivity index (χ4v) is 18.3. The fraction of sp³-hybridized carbons (Fsp3) is 0.623. The number of nitrogens with zero attached hydrogens (tertiary/aromatic N) is 6. The maximum absolute atomic E-state index is 18.4. The molecule has 6 atom stereocenters. The average Bonchev–Trinajstić information content (AvgIpc) is 3.89. The molecule has 2 aromatic carbocycles. The van der Waals surface area contributed by atoms with Gasteiger partial charge in [-0.15, -0.1) is 5.54 Å². The zero-order valence-corrected chi connectivity index (χ0v) is 42.8. The van der Waals surface area contributed by atoms with Crippen LogP contribution in [0.1, 0.15) is 119 Å². The number of fused-ring (bicyclic) bond motifs is 7. The van der Waals surface area contributed by atoms with E-state index in [9.17, 15) is 4.79 Å². The summed E-state index contributed by atoms with van der Waals surface area (Å²) in [7, 11) is -0.831. The molecule has 4 aromatic rings. The lowest BCUT2D eigenvalue weighted by atomic mass is 9.85. The number of carbonyl (C=O) groups is 1. The number of anilines is 1. The lowest BCUT2D eigenvalue weighted by Gasteiger charge is -2.49. The summed E-state index contributed by atoms with van der Waals surface area (Å²) >= 11 is 0. The quantitative estimate of drug-likeness (QED) is 0.0820. The molecule has 4 saturated heterocycles. The molecule has 4 fully saturated rings. The molecular weight excluding hydrogens is 886 g/mol. The van der Waals surface area contributed by atoms with E-state index in [1.54, 1.807) is 18.2 Å². The van der Waals surface area contributed by atoms with Crippen molar-refractivity contribution in [1.82, 2.24) is 24.8 Å². The summed E-state index contributed by atoms with van der Waals surface area (Å²) in [5.41, 5.74) is 4.53. The molecule has 0 spiro atoms. The normalized spacial score (nSPS) is 24.8. The van der Waals surface area contributed by atoms with Crippen LogP contribution in [0.4, 0.5) is 23.8 Å². The van der Waals surface area contributed by atoms with Crippen LogP contribution in [0.3, 0.4) is 0 Å².